The molecule has 0 fully saturated rings. The number of hydrogen-bond acceptors (Lipinski definition) is 4. The Morgan fingerprint density at radius 1 is 1.11 bits per heavy atom. The van der Waals surface area contributed by atoms with Crippen molar-refractivity contribution in [1.29, 1.82) is 0 Å². The fourth-order valence-corrected chi connectivity index (χ4v) is 1.32. The summed E-state index contributed by atoms with van der Waals surface area (Å²) in [4.78, 5) is 0. The first-order valence-electron chi connectivity index (χ1n) is 2.32. The summed E-state index contributed by atoms with van der Waals surface area (Å²) in [5, 5.41) is 0. The van der Waals surface area contributed by atoms with Crippen LogP contribution in [0.3, 0.4) is 0 Å². The lowest BCUT2D eigenvalue weighted by molar-refractivity contribution is 0.360. The maximum atomic E-state index is 10.4. The summed E-state index contributed by atoms with van der Waals surface area (Å²) < 4.78 is 29.3. The number of rotatable bonds is 0. The second-order valence-electron chi connectivity index (χ2n) is 1.69. The van der Waals surface area contributed by atoms with Crippen molar-refractivity contribution in [3.05, 3.63) is 11.5 Å². The van der Waals surface area contributed by atoms with Crippen LogP contribution in [0.15, 0.2) is 11.5 Å². The van der Waals surface area contributed by atoms with Crippen molar-refractivity contribution in [1.82, 2.24) is 0 Å². The molecule has 52 valence electrons. The van der Waals surface area contributed by atoms with Crippen molar-refractivity contribution < 1.29 is 16.8 Å². The van der Waals surface area contributed by atoms with E-state index in [1.54, 1.807) is 0 Å². The van der Waals surface area contributed by atoms with E-state index in [-0.39, 0.29) is 0 Å². The Labute approximate surface area is 53.4 Å². The predicted molar refractivity (Wildman–Crippen MR) is 29.5 cm³/mol. The highest BCUT2D eigenvalue weighted by Crippen LogP contribution is 2.21. The predicted octanol–water partition coefficient (Wildman–Crippen LogP) is 0.529. The second kappa shape index (κ2) is 1.63. The molecule has 0 aromatic carbocycles. The van der Waals surface area contributed by atoms with Gasteiger partial charge in [-0.3, -0.25) is 0 Å². The molecule has 9 heavy (non-hydrogen) atoms. The van der Waals surface area contributed by atoms with E-state index >= 15 is 0 Å². The van der Waals surface area contributed by atoms with Crippen LogP contribution in [0.1, 0.15) is 13.8 Å². The first kappa shape index (κ1) is 6.41. The highest BCUT2D eigenvalue weighted by atomic mass is 32.3. The molecule has 0 spiro atoms. The topological polar surface area (TPSA) is 52.6 Å². The van der Waals surface area contributed by atoms with Gasteiger partial charge in [-0.1, -0.05) is 0 Å². The smallest absolute Gasteiger partial charge is 0.354 e. The summed E-state index contributed by atoms with van der Waals surface area (Å²) in [5.41, 5.74) is 0. The van der Waals surface area contributed by atoms with E-state index in [0.717, 1.165) is 0 Å². The normalized spacial score (nSPS) is 23.3. The third-order valence-electron chi connectivity index (χ3n) is 0.950. The van der Waals surface area contributed by atoms with E-state index in [1.165, 1.54) is 13.8 Å². The molecule has 0 atom stereocenters. The van der Waals surface area contributed by atoms with Crippen LogP contribution >= 0.6 is 0 Å². The van der Waals surface area contributed by atoms with Gasteiger partial charge < -0.3 is 8.37 Å². The molecule has 0 bridgehead atoms. The minimum absolute atomic E-state index is 0.301. The van der Waals surface area contributed by atoms with Crippen molar-refractivity contribution in [3.63, 3.8) is 0 Å². The Morgan fingerprint density at radius 3 is 1.56 bits per heavy atom. The van der Waals surface area contributed by atoms with E-state index in [9.17, 15) is 8.42 Å². The molecule has 0 aromatic heterocycles. The molecular formula is C4H6O4S. The largest absolute Gasteiger partial charge is 0.500 e. The Morgan fingerprint density at radius 2 is 1.44 bits per heavy atom. The Kier molecular flexibility index (Phi) is 1.16. The van der Waals surface area contributed by atoms with Gasteiger partial charge >= 0.3 is 10.4 Å². The van der Waals surface area contributed by atoms with E-state index in [1.807, 2.05) is 0 Å². The summed E-state index contributed by atoms with van der Waals surface area (Å²) in [7, 11) is -3.72. The van der Waals surface area contributed by atoms with Crippen molar-refractivity contribution in [3.8, 4) is 0 Å². The molecule has 0 aliphatic carbocycles. The van der Waals surface area contributed by atoms with Gasteiger partial charge in [0, 0.05) is 0 Å². The minimum Gasteiger partial charge on any atom is -0.354 e. The third kappa shape index (κ3) is 1.16. The average Bonchev–Trinajstić information content (AvgIpc) is 1.79. The fourth-order valence-electron chi connectivity index (χ4n) is 0.441. The second-order valence-corrected chi connectivity index (χ2v) is 2.84. The lowest BCUT2D eigenvalue weighted by Crippen LogP contribution is -1.97. The molecular weight excluding hydrogens is 144 g/mol. The monoisotopic (exact) mass is 150 g/mol. The zero-order valence-electron chi connectivity index (χ0n) is 5.04. The quantitative estimate of drug-likeness (QED) is 0.505. The lowest BCUT2D eigenvalue weighted by Gasteiger charge is -1.90. The molecule has 0 radical (unpaired) electrons. The summed E-state index contributed by atoms with van der Waals surface area (Å²) >= 11 is 0. The van der Waals surface area contributed by atoms with Crippen LogP contribution < -0.4 is 0 Å². The van der Waals surface area contributed by atoms with Gasteiger partial charge in [-0.2, -0.15) is 0 Å². The maximum Gasteiger partial charge on any atom is 0.500 e. The van der Waals surface area contributed by atoms with E-state index < -0.39 is 10.4 Å². The minimum atomic E-state index is -3.72. The highest BCUT2D eigenvalue weighted by Gasteiger charge is 2.24. The molecule has 0 unspecified atom stereocenters. The lowest BCUT2D eigenvalue weighted by atomic mass is 10.5. The average molecular weight is 150 g/mol. The molecule has 1 aliphatic rings. The maximum absolute atomic E-state index is 10.4. The first-order chi connectivity index (χ1) is 4.01. The molecule has 1 rings (SSSR count). The molecule has 4 nitrogen and oxygen atoms in total. The number of hydrogen-bond donors (Lipinski definition) is 0. The van der Waals surface area contributed by atoms with Gasteiger partial charge in [0.1, 0.15) is 0 Å². The van der Waals surface area contributed by atoms with Gasteiger partial charge in [-0.05, 0) is 13.8 Å². The van der Waals surface area contributed by atoms with Gasteiger partial charge in [-0.25, -0.2) is 0 Å². The van der Waals surface area contributed by atoms with Crippen LogP contribution in [0.5, 0.6) is 0 Å². The van der Waals surface area contributed by atoms with Crippen LogP contribution in [0.4, 0.5) is 0 Å². The molecule has 5 heteroatoms. The molecule has 0 aromatic rings. The molecule has 1 aliphatic heterocycles. The third-order valence-corrected chi connectivity index (χ3v) is 1.86. The zero-order valence-corrected chi connectivity index (χ0v) is 5.86. The van der Waals surface area contributed by atoms with Crippen LogP contribution in [0.25, 0.3) is 0 Å². The summed E-state index contributed by atoms with van der Waals surface area (Å²) in [5.74, 6) is 0.602. The van der Waals surface area contributed by atoms with Gasteiger partial charge in [0.15, 0.2) is 11.5 Å². The Bertz CT molecular complexity index is 228. The van der Waals surface area contributed by atoms with E-state index in [4.69, 9.17) is 0 Å². The van der Waals surface area contributed by atoms with Crippen LogP contribution in [-0.4, -0.2) is 8.42 Å². The van der Waals surface area contributed by atoms with Crippen LogP contribution in [-0.2, 0) is 18.8 Å². The van der Waals surface area contributed by atoms with Gasteiger partial charge in [0.05, 0.1) is 0 Å². The van der Waals surface area contributed by atoms with Crippen molar-refractivity contribution in [2.45, 2.75) is 13.8 Å². The molecule has 0 saturated carbocycles. The van der Waals surface area contributed by atoms with Gasteiger partial charge in [-0.15, -0.1) is 8.42 Å². The fraction of sp³-hybridized carbons (Fsp3) is 0.500. The summed E-state index contributed by atoms with van der Waals surface area (Å²) in [6.07, 6.45) is 0. The van der Waals surface area contributed by atoms with Crippen molar-refractivity contribution in [2.75, 3.05) is 0 Å². The highest BCUT2D eigenvalue weighted by molar-refractivity contribution is 7.82. The first-order valence-corrected chi connectivity index (χ1v) is 3.66. The van der Waals surface area contributed by atoms with Crippen molar-refractivity contribution >= 4 is 10.4 Å². The van der Waals surface area contributed by atoms with Crippen molar-refractivity contribution in [2.24, 2.45) is 0 Å². The summed E-state index contributed by atoms with van der Waals surface area (Å²) in [6, 6.07) is 0. The molecule has 0 N–H and O–H groups in total. The standard InChI is InChI=1S/C4H6O4S/c1-3-4(2)8-9(5,6)7-3/h1-2H3. The molecule has 0 amide bonds. The Hall–Kier alpha value is -0.710. The van der Waals surface area contributed by atoms with E-state index in [2.05, 4.69) is 8.37 Å². The molecule has 1 heterocycles. The zero-order chi connectivity index (χ0) is 7.07. The van der Waals surface area contributed by atoms with Gasteiger partial charge in [0.25, 0.3) is 0 Å². The summed E-state index contributed by atoms with van der Waals surface area (Å²) in [6.45, 7) is 3.06. The SMILES string of the molecule is CC1=C(C)OS(=O)(=O)O1. The van der Waals surface area contributed by atoms with E-state index in [0.29, 0.717) is 11.5 Å². The Balaban J connectivity index is 2.95. The van der Waals surface area contributed by atoms with Crippen LogP contribution in [0, 0.1) is 0 Å². The number of allylic oxidation sites excluding steroid dienone is 2. The van der Waals surface area contributed by atoms with Crippen LogP contribution in [0.2, 0.25) is 0 Å². The van der Waals surface area contributed by atoms with Gasteiger partial charge in [0.2, 0.25) is 0 Å². The molecule has 0 saturated heterocycles.